The van der Waals surface area contributed by atoms with Crippen molar-refractivity contribution in [2.24, 2.45) is 11.1 Å². The van der Waals surface area contributed by atoms with Gasteiger partial charge in [-0.3, -0.25) is 4.79 Å². The molecule has 1 amide bonds. The van der Waals surface area contributed by atoms with Gasteiger partial charge in [0.15, 0.2) is 0 Å². The lowest BCUT2D eigenvalue weighted by Crippen LogP contribution is -2.39. The Hall–Kier alpha value is -1.15. The minimum Gasteiger partial charge on any atom is -0.341 e. The molecule has 0 heterocycles. The highest BCUT2D eigenvalue weighted by Crippen LogP contribution is 2.21. The van der Waals surface area contributed by atoms with Crippen LogP contribution in [0, 0.1) is 5.41 Å². The van der Waals surface area contributed by atoms with E-state index in [1.807, 2.05) is 13.8 Å². The van der Waals surface area contributed by atoms with Crippen molar-refractivity contribution >= 4 is 28.3 Å². The summed E-state index contributed by atoms with van der Waals surface area (Å²) in [7, 11) is -1.90. The van der Waals surface area contributed by atoms with Gasteiger partial charge >= 0.3 is 0 Å². The second-order valence-corrected chi connectivity index (χ2v) is 9.37. The van der Waals surface area contributed by atoms with Crippen LogP contribution in [-0.2, 0) is 10.0 Å². The quantitative estimate of drug-likeness (QED) is 0.731. The fourth-order valence-electron chi connectivity index (χ4n) is 3.13. The highest BCUT2D eigenvalue weighted by Gasteiger charge is 2.25. The summed E-state index contributed by atoms with van der Waals surface area (Å²) in [4.78, 5) is 14.4. The molecule has 2 rings (SSSR count). The summed E-state index contributed by atoms with van der Waals surface area (Å²) in [5.74, 6) is -0.209. The first-order valence-corrected chi connectivity index (χ1v) is 10.2. The van der Waals surface area contributed by atoms with Gasteiger partial charge in [0.25, 0.3) is 5.91 Å². The molecule has 148 valence electrons. The molecule has 0 aromatic heterocycles. The number of sulfonamides is 1. The largest absolute Gasteiger partial charge is 0.341 e. The van der Waals surface area contributed by atoms with Crippen LogP contribution in [0.5, 0.6) is 0 Å². The number of halogens is 1. The highest BCUT2D eigenvalue weighted by atomic mass is 35.5. The Kier molecular flexibility index (Phi) is 8.07. The summed E-state index contributed by atoms with van der Waals surface area (Å²) >= 11 is 0. The standard InChI is InChI=1S/C18H29N3O3S.ClH/c1-18(2,12-19)13-21(3)17(22)14-7-6-10-16(11-14)25(23,24)20-15-8-4-5-9-15;/h6-7,10-11,15,20H,4-5,8-9,12-13,19H2,1-3H3;1H. The lowest BCUT2D eigenvalue weighted by atomic mass is 9.93. The molecule has 1 saturated carbocycles. The number of amides is 1. The normalized spacial score (nSPS) is 15.5. The third kappa shape index (κ3) is 5.94. The molecule has 1 aliphatic rings. The monoisotopic (exact) mass is 403 g/mol. The summed E-state index contributed by atoms with van der Waals surface area (Å²) in [6.07, 6.45) is 3.84. The van der Waals surface area contributed by atoms with Crippen molar-refractivity contribution in [1.29, 1.82) is 0 Å². The molecule has 0 saturated heterocycles. The van der Waals surface area contributed by atoms with Crippen molar-refractivity contribution < 1.29 is 13.2 Å². The van der Waals surface area contributed by atoms with Crippen LogP contribution < -0.4 is 10.5 Å². The van der Waals surface area contributed by atoms with E-state index in [2.05, 4.69) is 4.72 Å². The number of nitrogens with zero attached hydrogens (tertiary/aromatic N) is 1. The maximum atomic E-state index is 12.6. The molecular weight excluding hydrogens is 374 g/mol. The second kappa shape index (κ2) is 9.17. The predicted molar refractivity (Wildman–Crippen MR) is 106 cm³/mol. The van der Waals surface area contributed by atoms with Crippen molar-refractivity contribution in [3.63, 3.8) is 0 Å². The van der Waals surface area contributed by atoms with E-state index < -0.39 is 10.0 Å². The number of rotatable bonds is 7. The van der Waals surface area contributed by atoms with E-state index in [0.29, 0.717) is 18.7 Å². The van der Waals surface area contributed by atoms with Crippen LogP contribution in [0.25, 0.3) is 0 Å². The molecular formula is C18H30ClN3O3S. The lowest BCUT2D eigenvalue weighted by Gasteiger charge is -2.29. The zero-order chi connectivity index (χ0) is 18.7. The van der Waals surface area contributed by atoms with Crippen LogP contribution >= 0.6 is 12.4 Å². The molecule has 0 unspecified atom stereocenters. The van der Waals surface area contributed by atoms with Gasteiger partial charge in [0.05, 0.1) is 4.90 Å². The molecule has 0 bridgehead atoms. The van der Waals surface area contributed by atoms with E-state index in [1.165, 1.54) is 12.1 Å². The molecule has 0 aliphatic heterocycles. The minimum atomic E-state index is -3.61. The lowest BCUT2D eigenvalue weighted by molar-refractivity contribution is 0.0740. The maximum Gasteiger partial charge on any atom is 0.253 e. The van der Waals surface area contributed by atoms with E-state index in [9.17, 15) is 13.2 Å². The molecule has 26 heavy (non-hydrogen) atoms. The Bertz CT molecular complexity index is 716. The summed E-state index contributed by atoms with van der Waals surface area (Å²) < 4.78 is 27.9. The second-order valence-electron chi connectivity index (χ2n) is 7.66. The summed E-state index contributed by atoms with van der Waals surface area (Å²) in [5, 5.41) is 0. The molecule has 1 aliphatic carbocycles. The van der Waals surface area contributed by atoms with E-state index in [4.69, 9.17) is 5.73 Å². The van der Waals surface area contributed by atoms with Gasteiger partial charge in [0.1, 0.15) is 0 Å². The summed E-state index contributed by atoms with van der Waals surface area (Å²) in [5.41, 5.74) is 5.90. The zero-order valence-corrected chi connectivity index (χ0v) is 17.3. The summed E-state index contributed by atoms with van der Waals surface area (Å²) in [6.45, 7) is 4.94. The van der Waals surface area contributed by atoms with Crippen LogP contribution in [0.3, 0.4) is 0 Å². The van der Waals surface area contributed by atoms with E-state index in [1.54, 1.807) is 24.1 Å². The molecule has 6 nitrogen and oxygen atoms in total. The van der Waals surface area contributed by atoms with Crippen LogP contribution in [0.15, 0.2) is 29.2 Å². The Balaban J connectivity index is 0.00000338. The van der Waals surface area contributed by atoms with Crippen LogP contribution in [0.4, 0.5) is 0 Å². The number of hydrogen-bond acceptors (Lipinski definition) is 4. The molecule has 0 spiro atoms. The smallest absolute Gasteiger partial charge is 0.253 e. The van der Waals surface area contributed by atoms with Gasteiger partial charge in [-0.25, -0.2) is 13.1 Å². The van der Waals surface area contributed by atoms with Gasteiger partial charge in [-0.2, -0.15) is 0 Å². The zero-order valence-electron chi connectivity index (χ0n) is 15.7. The predicted octanol–water partition coefficient (Wildman–Crippen LogP) is 2.39. The van der Waals surface area contributed by atoms with Crippen LogP contribution in [0.2, 0.25) is 0 Å². The summed E-state index contributed by atoms with van der Waals surface area (Å²) in [6, 6.07) is 6.22. The first-order valence-electron chi connectivity index (χ1n) is 8.72. The number of carbonyl (C=O) groups excluding carboxylic acids is 1. The van der Waals surface area contributed by atoms with Crippen molar-refractivity contribution in [1.82, 2.24) is 9.62 Å². The first-order chi connectivity index (χ1) is 11.6. The Morgan fingerprint density at radius 3 is 2.50 bits per heavy atom. The fourth-order valence-corrected chi connectivity index (χ4v) is 4.48. The number of benzene rings is 1. The SMILES string of the molecule is CN(CC(C)(C)CN)C(=O)c1cccc(S(=O)(=O)NC2CCCC2)c1.Cl. The molecule has 1 aromatic carbocycles. The average molecular weight is 404 g/mol. The Labute approximate surface area is 163 Å². The number of nitrogens with one attached hydrogen (secondary N) is 1. The first kappa shape index (κ1) is 22.9. The minimum absolute atomic E-state index is 0. The number of carbonyl (C=O) groups is 1. The van der Waals surface area contributed by atoms with E-state index in [0.717, 1.165) is 25.7 Å². The van der Waals surface area contributed by atoms with Gasteiger partial charge in [-0.15, -0.1) is 12.4 Å². The molecule has 0 atom stereocenters. The Morgan fingerprint density at radius 2 is 1.92 bits per heavy atom. The van der Waals surface area contributed by atoms with Crippen LogP contribution in [-0.4, -0.2) is 45.4 Å². The maximum absolute atomic E-state index is 12.6. The van der Waals surface area contributed by atoms with E-state index >= 15 is 0 Å². The van der Waals surface area contributed by atoms with Gasteiger partial charge in [-0.05, 0) is 43.0 Å². The highest BCUT2D eigenvalue weighted by molar-refractivity contribution is 7.89. The molecule has 1 fully saturated rings. The Morgan fingerprint density at radius 1 is 1.31 bits per heavy atom. The number of hydrogen-bond donors (Lipinski definition) is 2. The van der Waals surface area contributed by atoms with Gasteiger partial charge < -0.3 is 10.6 Å². The topological polar surface area (TPSA) is 92.5 Å². The van der Waals surface area contributed by atoms with Gasteiger partial charge in [-0.1, -0.05) is 32.8 Å². The molecule has 1 aromatic rings. The van der Waals surface area contributed by atoms with E-state index in [-0.39, 0.29) is 34.7 Å². The van der Waals surface area contributed by atoms with Crippen molar-refractivity contribution in [2.75, 3.05) is 20.1 Å². The number of nitrogens with two attached hydrogens (primary N) is 1. The third-order valence-corrected chi connectivity index (χ3v) is 6.15. The fraction of sp³-hybridized carbons (Fsp3) is 0.611. The van der Waals surface area contributed by atoms with Crippen molar-refractivity contribution in [2.45, 2.75) is 50.5 Å². The average Bonchev–Trinajstić information content (AvgIpc) is 3.06. The van der Waals surface area contributed by atoms with Gasteiger partial charge in [0, 0.05) is 25.2 Å². The molecule has 8 heteroatoms. The molecule has 3 N–H and O–H groups in total. The molecule has 0 radical (unpaired) electrons. The van der Waals surface area contributed by atoms with Crippen LogP contribution in [0.1, 0.15) is 49.9 Å². The van der Waals surface area contributed by atoms with Crippen molar-refractivity contribution in [3.05, 3.63) is 29.8 Å². The van der Waals surface area contributed by atoms with Gasteiger partial charge in [0.2, 0.25) is 10.0 Å². The van der Waals surface area contributed by atoms with Crippen molar-refractivity contribution in [3.8, 4) is 0 Å². The third-order valence-electron chi connectivity index (χ3n) is 4.63.